The summed E-state index contributed by atoms with van der Waals surface area (Å²) >= 11 is 0. The smallest absolute Gasteiger partial charge is 0.126 e. The lowest BCUT2D eigenvalue weighted by atomic mass is 10.3. The summed E-state index contributed by atoms with van der Waals surface area (Å²) in [5.41, 5.74) is 0. The lowest BCUT2D eigenvalue weighted by Crippen LogP contribution is -2.27. The van der Waals surface area contributed by atoms with Gasteiger partial charge in [0, 0.05) is 18.7 Å². The van der Waals surface area contributed by atoms with Crippen LogP contribution in [0.1, 0.15) is 13.8 Å². The molecule has 0 aromatic heterocycles. The predicted octanol–water partition coefficient (Wildman–Crippen LogP) is 2.20. The highest BCUT2D eigenvalue weighted by Crippen LogP contribution is 2.11. The second-order valence-electron chi connectivity index (χ2n) is 3.41. The average molecular weight is 197 g/mol. The van der Waals surface area contributed by atoms with E-state index in [-0.39, 0.29) is 5.82 Å². The number of nitrogens with one attached hydrogen (secondary N) is 1. The zero-order chi connectivity index (χ0) is 10.4. The molecule has 14 heavy (non-hydrogen) atoms. The third-order valence-corrected chi connectivity index (χ3v) is 1.72. The van der Waals surface area contributed by atoms with Crippen LogP contribution in [0.15, 0.2) is 24.3 Å². The minimum atomic E-state index is -0.265. The maximum atomic E-state index is 12.7. The second-order valence-corrected chi connectivity index (χ2v) is 3.41. The van der Waals surface area contributed by atoms with Crippen molar-refractivity contribution in [2.45, 2.75) is 19.9 Å². The largest absolute Gasteiger partial charge is 0.492 e. The summed E-state index contributed by atoms with van der Waals surface area (Å²) in [4.78, 5) is 0. The molecule has 1 aromatic rings. The van der Waals surface area contributed by atoms with E-state index in [1.165, 1.54) is 12.1 Å². The van der Waals surface area contributed by atoms with E-state index < -0.39 is 0 Å². The first kappa shape index (κ1) is 11.0. The van der Waals surface area contributed by atoms with Crippen molar-refractivity contribution in [3.8, 4) is 5.75 Å². The summed E-state index contributed by atoms with van der Waals surface area (Å²) < 4.78 is 18.0. The lowest BCUT2D eigenvalue weighted by Gasteiger charge is -2.09. The SMILES string of the molecule is CC(C)NCCOc1cccc(F)c1. The van der Waals surface area contributed by atoms with Gasteiger partial charge in [-0.25, -0.2) is 4.39 Å². The van der Waals surface area contributed by atoms with Crippen molar-refractivity contribution in [3.05, 3.63) is 30.1 Å². The van der Waals surface area contributed by atoms with Crippen LogP contribution in [-0.4, -0.2) is 19.2 Å². The molecule has 0 spiro atoms. The molecule has 0 fully saturated rings. The average Bonchev–Trinajstić information content (AvgIpc) is 2.12. The van der Waals surface area contributed by atoms with Gasteiger partial charge >= 0.3 is 0 Å². The number of benzene rings is 1. The highest BCUT2D eigenvalue weighted by atomic mass is 19.1. The molecule has 0 saturated heterocycles. The number of hydrogen-bond acceptors (Lipinski definition) is 2. The standard InChI is InChI=1S/C11H16FNO/c1-9(2)13-6-7-14-11-5-3-4-10(12)8-11/h3-5,8-9,13H,6-7H2,1-2H3. The Hall–Kier alpha value is -1.09. The van der Waals surface area contributed by atoms with E-state index >= 15 is 0 Å². The Kier molecular flexibility index (Phi) is 4.40. The summed E-state index contributed by atoms with van der Waals surface area (Å²) in [6, 6.07) is 6.62. The van der Waals surface area contributed by atoms with Gasteiger partial charge in [-0.15, -0.1) is 0 Å². The Morgan fingerprint density at radius 2 is 2.21 bits per heavy atom. The molecule has 0 atom stereocenters. The minimum Gasteiger partial charge on any atom is -0.492 e. The molecule has 1 N–H and O–H groups in total. The Bertz CT molecular complexity index is 276. The minimum absolute atomic E-state index is 0.265. The number of rotatable bonds is 5. The molecule has 0 aliphatic heterocycles. The fraction of sp³-hybridized carbons (Fsp3) is 0.455. The maximum absolute atomic E-state index is 12.7. The maximum Gasteiger partial charge on any atom is 0.126 e. The van der Waals surface area contributed by atoms with Gasteiger partial charge in [0.2, 0.25) is 0 Å². The third-order valence-electron chi connectivity index (χ3n) is 1.72. The van der Waals surface area contributed by atoms with Crippen LogP contribution in [0.4, 0.5) is 4.39 Å². The van der Waals surface area contributed by atoms with Gasteiger partial charge in [-0.1, -0.05) is 19.9 Å². The van der Waals surface area contributed by atoms with Crippen molar-refractivity contribution in [2.24, 2.45) is 0 Å². The van der Waals surface area contributed by atoms with Gasteiger partial charge < -0.3 is 10.1 Å². The van der Waals surface area contributed by atoms with E-state index in [1.54, 1.807) is 12.1 Å². The van der Waals surface area contributed by atoms with Gasteiger partial charge in [0.05, 0.1) is 0 Å². The topological polar surface area (TPSA) is 21.3 Å². The lowest BCUT2D eigenvalue weighted by molar-refractivity contribution is 0.307. The molecular weight excluding hydrogens is 181 g/mol. The van der Waals surface area contributed by atoms with Gasteiger partial charge in [0.15, 0.2) is 0 Å². The van der Waals surface area contributed by atoms with Gasteiger partial charge in [-0.2, -0.15) is 0 Å². The predicted molar refractivity (Wildman–Crippen MR) is 55.0 cm³/mol. The molecule has 3 heteroatoms. The normalized spacial score (nSPS) is 10.6. The monoisotopic (exact) mass is 197 g/mol. The van der Waals surface area contributed by atoms with Crippen LogP contribution in [0.3, 0.4) is 0 Å². The van der Waals surface area contributed by atoms with Gasteiger partial charge in [-0.05, 0) is 12.1 Å². The van der Waals surface area contributed by atoms with Crippen LogP contribution in [-0.2, 0) is 0 Å². The highest BCUT2D eigenvalue weighted by molar-refractivity contribution is 5.22. The first-order chi connectivity index (χ1) is 6.68. The fourth-order valence-corrected chi connectivity index (χ4v) is 1.07. The molecule has 0 unspecified atom stereocenters. The third kappa shape index (κ3) is 4.23. The molecule has 0 aliphatic rings. The van der Waals surface area contributed by atoms with Crippen LogP contribution in [0.2, 0.25) is 0 Å². The van der Waals surface area contributed by atoms with E-state index in [1.807, 2.05) is 0 Å². The molecule has 2 nitrogen and oxygen atoms in total. The van der Waals surface area contributed by atoms with Gasteiger partial charge in [0.1, 0.15) is 18.2 Å². The Morgan fingerprint density at radius 3 is 2.86 bits per heavy atom. The molecule has 0 heterocycles. The zero-order valence-corrected chi connectivity index (χ0v) is 8.59. The summed E-state index contributed by atoms with van der Waals surface area (Å²) in [6.07, 6.45) is 0. The van der Waals surface area contributed by atoms with Crippen molar-refractivity contribution < 1.29 is 9.13 Å². The summed E-state index contributed by atoms with van der Waals surface area (Å²) in [7, 11) is 0. The molecule has 1 aromatic carbocycles. The van der Waals surface area contributed by atoms with Gasteiger partial charge in [-0.3, -0.25) is 0 Å². The Labute approximate surface area is 84.1 Å². The van der Waals surface area contributed by atoms with E-state index in [0.29, 0.717) is 18.4 Å². The molecule has 0 aliphatic carbocycles. The number of halogens is 1. The number of hydrogen-bond donors (Lipinski definition) is 1. The molecule has 0 bridgehead atoms. The van der Waals surface area contributed by atoms with Crippen molar-refractivity contribution in [1.82, 2.24) is 5.32 Å². The van der Waals surface area contributed by atoms with Crippen LogP contribution >= 0.6 is 0 Å². The number of ether oxygens (including phenoxy) is 1. The molecule has 78 valence electrons. The van der Waals surface area contributed by atoms with E-state index in [4.69, 9.17) is 4.74 Å². The van der Waals surface area contributed by atoms with Crippen LogP contribution in [0, 0.1) is 5.82 Å². The van der Waals surface area contributed by atoms with Crippen molar-refractivity contribution in [3.63, 3.8) is 0 Å². The molecule has 0 amide bonds. The van der Waals surface area contributed by atoms with E-state index in [2.05, 4.69) is 19.2 Å². The molecule has 0 radical (unpaired) electrons. The Morgan fingerprint density at radius 1 is 1.43 bits per heavy atom. The van der Waals surface area contributed by atoms with E-state index in [9.17, 15) is 4.39 Å². The van der Waals surface area contributed by atoms with Crippen molar-refractivity contribution >= 4 is 0 Å². The second kappa shape index (κ2) is 5.60. The van der Waals surface area contributed by atoms with Gasteiger partial charge in [0.25, 0.3) is 0 Å². The zero-order valence-electron chi connectivity index (χ0n) is 8.59. The first-order valence-corrected chi connectivity index (χ1v) is 4.80. The van der Waals surface area contributed by atoms with Crippen LogP contribution < -0.4 is 10.1 Å². The summed E-state index contributed by atoms with van der Waals surface area (Å²) in [5.74, 6) is 0.315. The quantitative estimate of drug-likeness (QED) is 0.731. The van der Waals surface area contributed by atoms with Crippen molar-refractivity contribution in [2.75, 3.05) is 13.2 Å². The van der Waals surface area contributed by atoms with Crippen LogP contribution in [0.25, 0.3) is 0 Å². The summed E-state index contributed by atoms with van der Waals surface area (Å²) in [6.45, 7) is 5.47. The molecular formula is C11H16FNO. The Balaban J connectivity index is 2.25. The first-order valence-electron chi connectivity index (χ1n) is 4.80. The fourth-order valence-electron chi connectivity index (χ4n) is 1.07. The molecule has 1 rings (SSSR count). The van der Waals surface area contributed by atoms with Crippen molar-refractivity contribution in [1.29, 1.82) is 0 Å². The van der Waals surface area contributed by atoms with E-state index in [0.717, 1.165) is 6.54 Å². The highest BCUT2D eigenvalue weighted by Gasteiger charge is 1.96. The summed E-state index contributed by atoms with van der Waals surface area (Å²) in [5, 5.41) is 3.21. The van der Waals surface area contributed by atoms with Crippen LogP contribution in [0.5, 0.6) is 5.75 Å². The molecule has 0 saturated carbocycles.